The molecule has 1 aromatic carbocycles. The first-order chi connectivity index (χ1) is 9.95. The van der Waals surface area contributed by atoms with Crippen LogP contribution in [0.5, 0.6) is 0 Å². The van der Waals surface area contributed by atoms with Crippen molar-refractivity contribution in [3.63, 3.8) is 0 Å². The highest BCUT2D eigenvalue weighted by Gasteiger charge is 2.21. The minimum atomic E-state index is -0.772. The normalized spacial score (nSPS) is 15.9. The highest BCUT2D eigenvalue weighted by molar-refractivity contribution is 5.21. The molecule has 0 saturated heterocycles. The van der Waals surface area contributed by atoms with Crippen molar-refractivity contribution in [2.45, 2.75) is 52.1 Å². The van der Waals surface area contributed by atoms with Gasteiger partial charge in [0.1, 0.15) is 0 Å². The lowest BCUT2D eigenvalue weighted by Crippen LogP contribution is -2.20. The van der Waals surface area contributed by atoms with Crippen LogP contribution in [0.15, 0.2) is 53.6 Å². The average molecular weight is 288 g/mol. The molecule has 0 bridgehead atoms. The molecule has 0 aliphatic carbocycles. The molecule has 2 nitrogen and oxygen atoms in total. The van der Waals surface area contributed by atoms with E-state index in [1.165, 1.54) is 5.57 Å². The van der Waals surface area contributed by atoms with Crippen LogP contribution in [-0.2, 0) is 5.60 Å². The molecule has 0 radical (unpaired) electrons. The molecule has 1 aromatic rings. The molecule has 116 valence electrons. The summed E-state index contributed by atoms with van der Waals surface area (Å²) in [6.45, 7) is 6.08. The fourth-order valence-corrected chi connectivity index (χ4v) is 2.25. The quantitative estimate of drug-likeness (QED) is 0.699. The average Bonchev–Trinajstić information content (AvgIpc) is 2.47. The molecular weight excluding hydrogens is 260 g/mol. The van der Waals surface area contributed by atoms with Gasteiger partial charge in [-0.05, 0) is 52.0 Å². The van der Waals surface area contributed by atoms with Crippen LogP contribution in [0, 0.1) is 0 Å². The van der Waals surface area contributed by atoms with E-state index in [4.69, 9.17) is 5.11 Å². The number of hydrogen-bond acceptors (Lipinski definition) is 2. The number of benzene rings is 1. The van der Waals surface area contributed by atoms with Gasteiger partial charge in [-0.3, -0.25) is 0 Å². The minimum Gasteiger partial charge on any atom is -0.392 e. The summed E-state index contributed by atoms with van der Waals surface area (Å²) in [5, 5.41) is 19.4. The summed E-state index contributed by atoms with van der Waals surface area (Å²) in [6.07, 6.45) is 7.85. The summed E-state index contributed by atoms with van der Waals surface area (Å²) in [4.78, 5) is 0. The third-order valence-electron chi connectivity index (χ3n) is 3.80. The Morgan fingerprint density at radius 3 is 2.29 bits per heavy atom. The second-order valence-corrected chi connectivity index (χ2v) is 5.98. The van der Waals surface area contributed by atoms with Gasteiger partial charge in [0.15, 0.2) is 0 Å². The highest BCUT2D eigenvalue weighted by atomic mass is 16.3. The number of aliphatic hydroxyl groups is 2. The van der Waals surface area contributed by atoms with Crippen molar-refractivity contribution in [2.24, 2.45) is 0 Å². The number of allylic oxidation sites excluding steroid dienone is 3. The standard InChI is InChI=1S/C19H28O2/c1-16(9-7-10-17(2)15-20)11-8-14-19(3,21)18-12-5-4-6-13-18/h4-6,10-13,20-21H,7-9,14-15H2,1-3H3/b16-11+,17-10+. The molecule has 0 spiro atoms. The monoisotopic (exact) mass is 288 g/mol. The van der Waals surface area contributed by atoms with Gasteiger partial charge in [-0.1, -0.05) is 53.6 Å². The van der Waals surface area contributed by atoms with Gasteiger partial charge in [0, 0.05) is 0 Å². The Labute approximate surface area is 128 Å². The van der Waals surface area contributed by atoms with Crippen LogP contribution in [-0.4, -0.2) is 16.8 Å². The van der Waals surface area contributed by atoms with Gasteiger partial charge in [-0.25, -0.2) is 0 Å². The highest BCUT2D eigenvalue weighted by Crippen LogP contribution is 2.26. The summed E-state index contributed by atoms with van der Waals surface area (Å²) < 4.78 is 0. The maximum Gasteiger partial charge on any atom is 0.0871 e. The predicted octanol–water partition coefficient (Wildman–Crippen LogP) is 4.34. The summed E-state index contributed by atoms with van der Waals surface area (Å²) in [5.74, 6) is 0. The van der Waals surface area contributed by atoms with Crippen LogP contribution in [0.25, 0.3) is 0 Å². The SMILES string of the molecule is C/C(=C\CC/C(C)=C/CCC(C)(O)c1ccccc1)CO. The van der Waals surface area contributed by atoms with Crippen LogP contribution in [0.1, 0.15) is 52.0 Å². The van der Waals surface area contributed by atoms with Crippen LogP contribution < -0.4 is 0 Å². The molecule has 0 heterocycles. The van der Waals surface area contributed by atoms with E-state index in [1.54, 1.807) is 0 Å². The van der Waals surface area contributed by atoms with Gasteiger partial charge in [-0.2, -0.15) is 0 Å². The molecule has 1 rings (SSSR count). The Kier molecular flexibility index (Phi) is 7.41. The number of aliphatic hydroxyl groups excluding tert-OH is 1. The van der Waals surface area contributed by atoms with E-state index in [1.807, 2.05) is 44.2 Å². The molecule has 21 heavy (non-hydrogen) atoms. The van der Waals surface area contributed by atoms with Crippen molar-refractivity contribution in [1.82, 2.24) is 0 Å². The molecular formula is C19H28O2. The molecule has 1 atom stereocenters. The zero-order valence-electron chi connectivity index (χ0n) is 13.5. The Bertz CT molecular complexity index is 470. The predicted molar refractivity (Wildman–Crippen MR) is 89.1 cm³/mol. The fourth-order valence-electron chi connectivity index (χ4n) is 2.25. The van der Waals surface area contributed by atoms with Gasteiger partial charge in [-0.15, -0.1) is 0 Å². The van der Waals surface area contributed by atoms with E-state index in [-0.39, 0.29) is 6.61 Å². The lowest BCUT2D eigenvalue weighted by molar-refractivity contribution is 0.0487. The molecule has 0 saturated carbocycles. The van der Waals surface area contributed by atoms with E-state index < -0.39 is 5.60 Å². The zero-order valence-corrected chi connectivity index (χ0v) is 13.5. The van der Waals surface area contributed by atoms with Crippen molar-refractivity contribution >= 4 is 0 Å². The maximum atomic E-state index is 10.5. The fraction of sp³-hybridized carbons (Fsp3) is 0.474. The second-order valence-electron chi connectivity index (χ2n) is 5.98. The lowest BCUT2D eigenvalue weighted by atomic mass is 9.91. The first-order valence-corrected chi connectivity index (χ1v) is 7.66. The minimum absolute atomic E-state index is 0.142. The maximum absolute atomic E-state index is 10.5. The van der Waals surface area contributed by atoms with Crippen molar-refractivity contribution in [3.05, 3.63) is 59.2 Å². The summed E-state index contributed by atoms with van der Waals surface area (Å²) in [5.41, 5.74) is 2.55. The molecule has 2 N–H and O–H groups in total. The van der Waals surface area contributed by atoms with Gasteiger partial charge in [0.05, 0.1) is 12.2 Å². The van der Waals surface area contributed by atoms with E-state index >= 15 is 0 Å². The third-order valence-corrected chi connectivity index (χ3v) is 3.80. The van der Waals surface area contributed by atoms with Crippen molar-refractivity contribution in [3.8, 4) is 0 Å². The third kappa shape index (κ3) is 6.74. The second kappa shape index (κ2) is 8.81. The molecule has 0 fully saturated rings. The molecule has 0 aliphatic rings. The smallest absolute Gasteiger partial charge is 0.0871 e. The van der Waals surface area contributed by atoms with Crippen molar-refractivity contribution < 1.29 is 10.2 Å². The topological polar surface area (TPSA) is 40.5 Å². The Morgan fingerprint density at radius 1 is 1.05 bits per heavy atom. The van der Waals surface area contributed by atoms with Gasteiger partial charge in [0.2, 0.25) is 0 Å². The molecule has 0 aliphatic heterocycles. The molecule has 1 unspecified atom stereocenters. The summed E-state index contributed by atoms with van der Waals surface area (Å²) in [6, 6.07) is 9.82. The van der Waals surface area contributed by atoms with Gasteiger partial charge in [0.25, 0.3) is 0 Å². The Hall–Kier alpha value is -1.38. The van der Waals surface area contributed by atoms with E-state index in [0.29, 0.717) is 0 Å². The van der Waals surface area contributed by atoms with E-state index in [0.717, 1.165) is 36.8 Å². The van der Waals surface area contributed by atoms with Crippen LogP contribution in [0.3, 0.4) is 0 Å². The number of hydrogen-bond donors (Lipinski definition) is 2. The van der Waals surface area contributed by atoms with Crippen LogP contribution in [0.4, 0.5) is 0 Å². The van der Waals surface area contributed by atoms with Gasteiger partial charge >= 0.3 is 0 Å². The largest absolute Gasteiger partial charge is 0.392 e. The van der Waals surface area contributed by atoms with Crippen molar-refractivity contribution in [2.75, 3.05) is 6.61 Å². The zero-order chi connectivity index (χ0) is 15.7. The Balaban J connectivity index is 2.42. The summed E-state index contributed by atoms with van der Waals surface area (Å²) in [7, 11) is 0. The number of rotatable bonds is 8. The van der Waals surface area contributed by atoms with E-state index in [9.17, 15) is 5.11 Å². The molecule has 2 heteroatoms. The van der Waals surface area contributed by atoms with Crippen LogP contribution in [0.2, 0.25) is 0 Å². The first kappa shape index (κ1) is 17.7. The van der Waals surface area contributed by atoms with Crippen LogP contribution >= 0.6 is 0 Å². The summed E-state index contributed by atoms with van der Waals surface area (Å²) >= 11 is 0. The lowest BCUT2D eigenvalue weighted by Gasteiger charge is -2.23. The van der Waals surface area contributed by atoms with E-state index in [2.05, 4.69) is 19.1 Å². The molecule has 0 aromatic heterocycles. The van der Waals surface area contributed by atoms with Crippen molar-refractivity contribution in [1.29, 1.82) is 0 Å². The first-order valence-electron chi connectivity index (χ1n) is 7.66. The molecule has 0 amide bonds. The van der Waals surface area contributed by atoms with Gasteiger partial charge < -0.3 is 10.2 Å². The Morgan fingerprint density at radius 2 is 1.67 bits per heavy atom.